The number of H-pyrrole nitrogens is 1. The number of azide groups is 1. The highest BCUT2D eigenvalue weighted by Crippen LogP contribution is 2.44. The molecule has 4 atom stereocenters. The summed E-state index contributed by atoms with van der Waals surface area (Å²) in [5.41, 5.74) is 8.41. The molecule has 1 aliphatic rings. The van der Waals surface area contributed by atoms with Crippen molar-refractivity contribution in [2.45, 2.75) is 30.5 Å². The largest absolute Gasteiger partial charge is 0.497 e. The third kappa shape index (κ3) is 5.06. The van der Waals surface area contributed by atoms with E-state index in [9.17, 15) is 9.90 Å². The Morgan fingerprint density at radius 3 is 2.31 bits per heavy atom. The van der Waals surface area contributed by atoms with Crippen molar-refractivity contribution in [3.8, 4) is 5.75 Å². The average Bonchev–Trinajstić information content (AvgIpc) is 3.62. The normalized spacial score (nSPS) is 21.4. The fourth-order valence-electron chi connectivity index (χ4n) is 6.01. The van der Waals surface area contributed by atoms with Crippen molar-refractivity contribution in [3.63, 3.8) is 0 Å². The molecule has 3 N–H and O–H groups in total. The van der Waals surface area contributed by atoms with Gasteiger partial charge in [0.05, 0.1) is 26.6 Å². The lowest BCUT2D eigenvalue weighted by Crippen LogP contribution is -2.42. The quantitative estimate of drug-likeness (QED) is 0.0860. The van der Waals surface area contributed by atoms with Crippen molar-refractivity contribution in [2.75, 3.05) is 25.6 Å². The number of imidazole rings is 1. The van der Waals surface area contributed by atoms with Crippen molar-refractivity contribution < 1.29 is 19.0 Å². The molecule has 13 heteroatoms. The highest BCUT2D eigenvalue weighted by Gasteiger charge is 2.54. The zero-order chi connectivity index (χ0) is 31.6. The van der Waals surface area contributed by atoms with Crippen LogP contribution in [0, 0.1) is 5.92 Å². The van der Waals surface area contributed by atoms with Crippen LogP contribution in [0.25, 0.3) is 21.6 Å². The summed E-state index contributed by atoms with van der Waals surface area (Å²) < 4.78 is 28.6. The number of ether oxygens (including phenoxy) is 2. The number of nitrogens with zero attached hydrogens (tertiary/aromatic N) is 6. The van der Waals surface area contributed by atoms with E-state index in [1.165, 1.54) is 10.9 Å². The molecule has 0 bridgehead atoms. The van der Waals surface area contributed by atoms with Crippen LogP contribution in [0.1, 0.15) is 29.8 Å². The average molecular weight is 611 g/mol. The number of anilines is 1. The predicted molar refractivity (Wildman–Crippen MR) is 166 cm³/mol. The Morgan fingerprint density at radius 1 is 1.11 bits per heavy atom. The second kappa shape index (κ2) is 12.0. The van der Waals surface area contributed by atoms with E-state index in [-0.39, 0.29) is 23.7 Å². The van der Waals surface area contributed by atoms with Crippen LogP contribution < -0.4 is 15.6 Å². The maximum atomic E-state index is 15.8. The summed E-state index contributed by atoms with van der Waals surface area (Å²) in [7, 11) is 1.60. The van der Waals surface area contributed by atoms with E-state index in [4.69, 9.17) is 20.0 Å². The molecule has 0 saturated carbocycles. The minimum atomic E-state index is -1.63. The smallest absolute Gasteiger partial charge is 0.280 e. The fourth-order valence-corrected chi connectivity index (χ4v) is 6.01. The topological polar surface area (TPSA) is 163 Å². The van der Waals surface area contributed by atoms with Gasteiger partial charge in [-0.1, -0.05) is 84.8 Å². The molecule has 0 unspecified atom stereocenters. The minimum Gasteiger partial charge on any atom is -0.497 e. The maximum absolute atomic E-state index is 15.8. The summed E-state index contributed by atoms with van der Waals surface area (Å²) >= 11 is 0. The lowest BCUT2D eigenvalue weighted by molar-refractivity contribution is -0.105. The van der Waals surface area contributed by atoms with E-state index < -0.39 is 41.6 Å². The van der Waals surface area contributed by atoms with Gasteiger partial charge in [0, 0.05) is 10.8 Å². The number of nitrogens with one attached hydrogen (secondary N) is 2. The van der Waals surface area contributed by atoms with E-state index in [2.05, 4.69) is 25.3 Å². The number of halogens is 1. The van der Waals surface area contributed by atoms with Crippen molar-refractivity contribution in [3.05, 3.63) is 129 Å². The third-order valence-corrected chi connectivity index (χ3v) is 8.55. The number of fused-ring (bicyclic) bond motifs is 1. The summed E-state index contributed by atoms with van der Waals surface area (Å²) in [5.74, 6) is -0.0627. The van der Waals surface area contributed by atoms with E-state index in [1.807, 2.05) is 84.9 Å². The van der Waals surface area contributed by atoms with Gasteiger partial charge in [0.25, 0.3) is 5.56 Å². The fraction of sp³-hybridized carbons (Fsp3) is 0.281. The monoisotopic (exact) mass is 610 g/mol. The van der Waals surface area contributed by atoms with Gasteiger partial charge in [-0.3, -0.25) is 14.3 Å². The highest BCUT2D eigenvalue weighted by atomic mass is 19.1. The van der Waals surface area contributed by atoms with Gasteiger partial charge in [-0.05, 0) is 34.4 Å². The first-order valence-electron chi connectivity index (χ1n) is 14.3. The van der Waals surface area contributed by atoms with Crippen LogP contribution in [-0.4, -0.2) is 56.7 Å². The summed E-state index contributed by atoms with van der Waals surface area (Å²) in [6.07, 6.45) is -1.64. The van der Waals surface area contributed by atoms with E-state index in [1.54, 1.807) is 14.0 Å². The van der Waals surface area contributed by atoms with E-state index in [0.29, 0.717) is 5.75 Å². The van der Waals surface area contributed by atoms with Gasteiger partial charge in [-0.25, -0.2) is 9.37 Å². The standard InChI is InChI=1S/C32H31FN8O4/c1-20-25(33)29(45-31(20,18-42)17-36-40-34)41-19-35-26-27(41)37-30(38-28(26)43)39-32(21-9-5-3-6-10-21,22-11-7-4-8-12-22)23-13-15-24(44-2)16-14-23/h3-16,19-20,25,29,42H,17-18H2,1-2H3,(H2,37,38,39,43)/t20-,25+,29+,31+/m0/s1. The Labute approximate surface area is 257 Å². The first kappa shape index (κ1) is 29.8. The molecule has 3 heterocycles. The number of aromatic nitrogens is 4. The molecule has 1 fully saturated rings. The first-order valence-corrected chi connectivity index (χ1v) is 14.3. The molecular weight excluding hydrogens is 579 g/mol. The molecule has 0 aliphatic carbocycles. The van der Waals surface area contributed by atoms with Crippen LogP contribution in [0.15, 0.2) is 101 Å². The molecule has 5 aromatic rings. The number of aliphatic hydroxyl groups excluding tert-OH is 1. The first-order chi connectivity index (χ1) is 21.9. The van der Waals surface area contributed by atoms with Crippen LogP contribution in [0.5, 0.6) is 5.75 Å². The van der Waals surface area contributed by atoms with Gasteiger partial charge in [0.1, 0.15) is 16.9 Å². The number of alkyl halides is 1. The summed E-state index contributed by atoms with van der Waals surface area (Å²) in [4.78, 5) is 27.9. The van der Waals surface area contributed by atoms with Gasteiger partial charge in [-0.2, -0.15) is 4.98 Å². The zero-order valence-electron chi connectivity index (χ0n) is 24.5. The van der Waals surface area contributed by atoms with Crippen molar-refractivity contribution in [1.29, 1.82) is 0 Å². The van der Waals surface area contributed by atoms with Gasteiger partial charge < -0.3 is 19.9 Å². The SMILES string of the molecule is COc1ccc(C(Nc2nc3c(ncn3[C@@H]3O[C@@](CO)(CN=[N+]=[N-])[C@@H](C)[C@H]3F)c(=O)[nH]2)(c2ccccc2)c2ccccc2)cc1. The van der Waals surface area contributed by atoms with Crippen LogP contribution in [0.4, 0.5) is 10.3 Å². The van der Waals surface area contributed by atoms with Crippen LogP contribution in [0.2, 0.25) is 0 Å². The van der Waals surface area contributed by atoms with Crippen LogP contribution in [0.3, 0.4) is 0 Å². The lowest BCUT2D eigenvalue weighted by Gasteiger charge is -2.37. The Hall–Kier alpha value is -5.23. The van der Waals surface area contributed by atoms with Crippen molar-refractivity contribution >= 4 is 17.1 Å². The zero-order valence-corrected chi connectivity index (χ0v) is 24.5. The maximum Gasteiger partial charge on any atom is 0.280 e. The number of hydrogen-bond acceptors (Lipinski definition) is 8. The lowest BCUT2D eigenvalue weighted by atomic mass is 9.77. The molecular formula is C32H31FN8O4. The molecule has 0 amide bonds. The summed E-state index contributed by atoms with van der Waals surface area (Å²) in [6, 6.07) is 27.0. The second-order valence-corrected chi connectivity index (χ2v) is 10.9. The second-order valence-electron chi connectivity index (χ2n) is 10.9. The van der Waals surface area contributed by atoms with E-state index >= 15 is 4.39 Å². The third-order valence-electron chi connectivity index (χ3n) is 8.55. The Bertz CT molecular complexity index is 1850. The Kier molecular flexibility index (Phi) is 7.98. The van der Waals surface area contributed by atoms with Crippen molar-refractivity contribution in [1.82, 2.24) is 19.5 Å². The summed E-state index contributed by atoms with van der Waals surface area (Å²) in [5, 5.41) is 17.2. The van der Waals surface area contributed by atoms with Gasteiger partial charge in [-0.15, -0.1) is 0 Å². The number of hydrogen-bond donors (Lipinski definition) is 3. The molecule has 2 aromatic heterocycles. The molecule has 0 spiro atoms. The molecule has 230 valence electrons. The minimum absolute atomic E-state index is 0.0185. The van der Waals surface area contributed by atoms with Gasteiger partial charge in [0.15, 0.2) is 23.6 Å². The van der Waals surface area contributed by atoms with Crippen molar-refractivity contribution in [2.24, 2.45) is 11.0 Å². The summed E-state index contributed by atoms with van der Waals surface area (Å²) in [6.45, 7) is 0.725. The number of benzene rings is 3. The molecule has 1 aliphatic heterocycles. The highest BCUT2D eigenvalue weighted by molar-refractivity contribution is 5.71. The van der Waals surface area contributed by atoms with Crippen LogP contribution in [-0.2, 0) is 10.3 Å². The molecule has 0 radical (unpaired) electrons. The number of aromatic amines is 1. The molecule has 1 saturated heterocycles. The number of aliphatic hydroxyl groups is 1. The predicted octanol–water partition coefficient (Wildman–Crippen LogP) is 5.08. The Balaban J connectivity index is 1.51. The Morgan fingerprint density at radius 2 is 1.73 bits per heavy atom. The van der Waals surface area contributed by atoms with Gasteiger partial charge >= 0.3 is 0 Å². The molecule has 12 nitrogen and oxygen atoms in total. The molecule has 3 aromatic carbocycles. The van der Waals surface area contributed by atoms with Crippen LogP contribution >= 0.6 is 0 Å². The number of rotatable bonds is 10. The molecule has 45 heavy (non-hydrogen) atoms. The van der Waals surface area contributed by atoms with E-state index in [0.717, 1.165) is 16.7 Å². The number of methoxy groups -OCH3 is 1. The molecule has 6 rings (SSSR count). The van der Waals surface area contributed by atoms with Gasteiger partial charge in [0.2, 0.25) is 5.95 Å².